The Hall–Kier alpha value is -0.130. The second kappa shape index (κ2) is 16.2. The van der Waals surface area contributed by atoms with Gasteiger partial charge in [-0.05, 0) is 34.0 Å². The molecule has 4 nitrogen and oxygen atoms in total. The quantitative estimate of drug-likeness (QED) is 0.428. The van der Waals surface area contributed by atoms with Gasteiger partial charge in [0.05, 0.1) is 5.75 Å². The third-order valence-corrected chi connectivity index (χ3v) is 4.05. The maximum Gasteiger partial charge on any atom is 0.264 e. The number of hydrogen-bond acceptors (Lipinski definition) is 3. The van der Waals surface area contributed by atoms with Gasteiger partial charge in [0, 0.05) is 0 Å². The van der Waals surface area contributed by atoms with Crippen molar-refractivity contribution >= 4 is 10.1 Å². The molecule has 0 bridgehead atoms. The van der Waals surface area contributed by atoms with Gasteiger partial charge < -0.3 is 4.90 Å². The molecule has 5 heteroatoms. The molecule has 0 aromatic carbocycles. The first-order valence-corrected chi connectivity index (χ1v) is 10.0. The molecule has 0 aliphatic heterocycles. The first-order valence-electron chi connectivity index (χ1n) is 8.43. The maximum absolute atomic E-state index is 9.56. The summed E-state index contributed by atoms with van der Waals surface area (Å²) in [5, 5.41) is 0. The highest BCUT2D eigenvalue weighted by Gasteiger charge is 1.94. The molecule has 0 aliphatic rings. The van der Waals surface area contributed by atoms with E-state index in [0.29, 0.717) is 0 Å². The van der Waals surface area contributed by atoms with Crippen molar-refractivity contribution in [3.8, 4) is 0 Å². The fourth-order valence-corrected chi connectivity index (χ4v) is 1.92. The summed E-state index contributed by atoms with van der Waals surface area (Å²) in [5.41, 5.74) is 0. The van der Waals surface area contributed by atoms with Crippen LogP contribution < -0.4 is 0 Å². The average Bonchev–Trinajstić information content (AvgIpc) is 2.40. The first kappa shape index (κ1) is 23.1. The van der Waals surface area contributed by atoms with Crippen molar-refractivity contribution in [1.82, 2.24) is 4.90 Å². The van der Waals surface area contributed by atoms with Crippen molar-refractivity contribution in [2.24, 2.45) is 0 Å². The molecule has 0 aromatic rings. The zero-order chi connectivity index (χ0) is 16.6. The van der Waals surface area contributed by atoms with Crippen molar-refractivity contribution in [2.75, 3.05) is 26.4 Å². The molecule has 0 rings (SSSR count). The van der Waals surface area contributed by atoms with Crippen LogP contribution in [0.2, 0.25) is 0 Å². The fourth-order valence-electron chi connectivity index (χ4n) is 1.92. The maximum atomic E-state index is 9.56. The molecule has 0 unspecified atom stereocenters. The molecule has 0 fully saturated rings. The molecule has 21 heavy (non-hydrogen) atoms. The summed E-state index contributed by atoms with van der Waals surface area (Å²) in [5.74, 6) is -0.201. The lowest BCUT2D eigenvalue weighted by molar-refractivity contribution is 0.389. The molecule has 0 spiro atoms. The second-order valence-corrected chi connectivity index (χ2v) is 7.60. The summed E-state index contributed by atoms with van der Waals surface area (Å²) in [4.78, 5) is 2.28. The Balaban J connectivity index is 0. The SMILES string of the molecule is CCCCCCCCCCCCN(C)C.CCS(=O)(=O)O. The Labute approximate surface area is 133 Å². The summed E-state index contributed by atoms with van der Waals surface area (Å²) in [6.45, 7) is 4.91. The minimum atomic E-state index is -3.66. The molecule has 0 saturated heterocycles. The second-order valence-electron chi connectivity index (χ2n) is 5.86. The van der Waals surface area contributed by atoms with Crippen molar-refractivity contribution in [3.63, 3.8) is 0 Å². The van der Waals surface area contributed by atoms with Crippen molar-refractivity contribution in [3.05, 3.63) is 0 Å². The summed E-state index contributed by atoms with van der Waals surface area (Å²) in [6.07, 6.45) is 14.4. The van der Waals surface area contributed by atoms with Gasteiger partial charge in [0.2, 0.25) is 0 Å². The predicted molar refractivity (Wildman–Crippen MR) is 92.5 cm³/mol. The summed E-state index contributed by atoms with van der Waals surface area (Å²) < 4.78 is 26.9. The Morgan fingerprint density at radius 2 is 1.10 bits per heavy atom. The van der Waals surface area contributed by atoms with Gasteiger partial charge in [0.1, 0.15) is 0 Å². The Kier molecular flexibility index (Phi) is 17.9. The standard InChI is InChI=1S/C14H31N.C2H6O3S/c1-4-5-6-7-8-9-10-11-12-13-14-15(2)3;1-2-6(3,4)5/h4-14H2,1-3H3;2H2,1H3,(H,3,4,5). The molecule has 1 N–H and O–H groups in total. The molecular weight excluding hydrogens is 286 g/mol. The van der Waals surface area contributed by atoms with Gasteiger partial charge in [-0.2, -0.15) is 8.42 Å². The highest BCUT2D eigenvalue weighted by molar-refractivity contribution is 7.85. The van der Waals surface area contributed by atoms with Crippen LogP contribution in [0.25, 0.3) is 0 Å². The van der Waals surface area contributed by atoms with E-state index in [-0.39, 0.29) is 5.75 Å². The molecule has 0 amide bonds. The third-order valence-electron chi connectivity index (χ3n) is 3.32. The Morgan fingerprint density at radius 3 is 1.38 bits per heavy atom. The van der Waals surface area contributed by atoms with Crippen molar-refractivity contribution in [2.45, 2.75) is 78.1 Å². The van der Waals surface area contributed by atoms with E-state index in [2.05, 4.69) is 25.9 Å². The minimum absolute atomic E-state index is 0.201. The van der Waals surface area contributed by atoms with E-state index in [1.165, 1.54) is 77.7 Å². The zero-order valence-corrected chi connectivity index (χ0v) is 15.4. The van der Waals surface area contributed by atoms with Crippen LogP contribution >= 0.6 is 0 Å². The van der Waals surface area contributed by atoms with Crippen LogP contribution in [-0.2, 0) is 10.1 Å². The van der Waals surface area contributed by atoms with E-state index in [4.69, 9.17) is 4.55 Å². The Morgan fingerprint density at radius 1 is 0.762 bits per heavy atom. The van der Waals surface area contributed by atoms with Gasteiger partial charge in [0.25, 0.3) is 10.1 Å². The molecule has 0 aliphatic carbocycles. The lowest BCUT2D eigenvalue weighted by Gasteiger charge is -2.08. The fraction of sp³-hybridized carbons (Fsp3) is 1.00. The highest BCUT2D eigenvalue weighted by Crippen LogP contribution is 2.10. The van der Waals surface area contributed by atoms with Crippen LogP contribution in [0.4, 0.5) is 0 Å². The number of unbranched alkanes of at least 4 members (excludes halogenated alkanes) is 9. The van der Waals surface area contributed by atoms with Crippen LogP contribution in [0.15, 0.2) is 0 Å². The van der Waals surface area contributed by atoms with Gasteiger partial charge in [-0.25, -0.2) is 0 Å². The molecule has 0 aromatic heterocycles. The minimum Gasteiger partial charge on any atom is -0.309 e. The topological polar surface area (TPSA) is 57.6 Å². The zero-order valence-electron chi connectivity index (χ0n) is 14.6. The van der Waals surface area contributed by atoms with Gasteiger partial charge >= 0.3 is 0 Å². The molecule has 0 atom stereocenters. The average molecular weight is 324 g/mol. The van der Waals surface area contributed by atoms with Gasteiger partial charge in [-0.1, -0.05) is 64.7 Å². The van der Waals surface area contributed by atoms with Crippen LogP contribution in [-0.4, -0.2) is 44.3 Å². The molecule has 130 valence electrons. The lowest BCUT2D eigenvalue weighted by atomic mass is 10.1. The van der Waals surface area contributed by atoms with E-state index in [0.717, 1.165) is 0 Å². The predicted octanol–water partition coefficient (Wildman–Crippen LogP) is 4.36. The van der Waals surface area contributed by atoms with Gasteiger partial charge in [-0.15, -0.1) is 0 Å². The summed E-state index contributed by atoms with van der Waals surface area (Å²) in [6, 6.07) is 0. The molecule has 0 radical (unpaired) electrons. The van der Waals surface area contributed by atoms with Gasteiger partial charge in [0.15, 0.2) is 0 Å². The van der Waals surface area contributed by atoms with Crippen molar-refractivity contribution < 1.29 is 13.0 Å². The Bertz CT molecular complexity index is 290. The monoisotopic (exact) mass is 323 g/mol. The summed E-state index contributed by atoms with van der Waals surface area (Å²) >= 11 is 0. The van der Waals surface area contributed by atoms with Crippen molar-refractivity contribution in [1.29, 1.82) is 0 Å². The van der Waals surface area contributed by atoms with E-state index in [9.17, 15) is 8.42 Å². The van der Waals surface area contributed by atoms with Crippen LogP contribution in [0.1, 0.15) is 78.1 Å². The third kappa shape index (κ3) is 28.7. The molecule has 0 saturated carbocycles. The number of rotatable bonds is 12. The number of nitrogens with zero attached hydrogens (tertiary/aromatic N) is 1. The van der Waals surface area contributed by atoms with Crippen LogP contribution in [0.3, 0.4) is 0 Å². The molecule has 0 heterocycles. The first-order chi connectivity index (χ1) is 9.83. The van der Waals surface area contributed by atoms with E-state index in [1.807, 2.05) is 0 Å². The normalized spacial score (nSPS) is 11.3. The smallest absolute Gasteiger partial charge is 0.264 e. The van der Waals surface area contributed by atoms with Crippen LogP contribution in [0.5, 0.6) is 0 Å². The van der Waals surface area contributed by atoms with E-state index in [1.54, 1.807) is 0 Å². The number of hydrogen-bond donors (Lipinski definition) is 1. The van der Waals surface area contributed by atoms with Crippen LogP contribution in [0, 0.1) is 0 Å². The lowest BCUT2D eigenvalue weighted by Crippen LogP contribution is -2.12. The van der Waals surface area contributed by atoms with Gasteiger partial charge in [-0.3, -0.25) is 4.55 Å². The highest BCUT2D eigenvalue weighted by atomic mass is 32.2. The summed E-state index contributed by atoms with van der Waals surface area (Å²) in [7, 11) is 0.659. The van der Waals surface area contributed by atoms with E-state index >= 15 is 0 Å². The van der Waals surface area contributed by atoms with E-state index < -0.39 is 10.1 Å². The molecular formula is C16H37NO3S. The largest absolute Gasteiger partial charge is 0.309 e.